The molecular formula is C20H30ClN3OS. The molecule has 1 aromatic heterocycles. The zero-order valence-corrected chi connectivity index (χ0v) is 17.7. The third-order valence-electron chi connectivity index (χ3n) is 5.05. The number of aryl methyl sites for hydroxylation is 1. The number of rotatable bonds is 6. The topological polar surface area (TPSA) is 36.4 Å². The van der Waals surface area contributed by atoms with E-state index in [1.807, 2.05) is 4.90 Å². The lowest BCUT2D eigenvalue weighted by atomic mass is 9.88. The summed E-state index contributed by atoms with van der Waals surface area (Å²) in [4.78, 5) is 22.2. The van der Waals surface area contributed by atoms with Gasteiger partial charge in [0.15, 0.2) is 5.13 Å². The predicted octanol–water partition coefficient (Wildman–Crippen LogP) is 4.89. The SMILES string of the molecule is Cc1cccc2sc(N(CCCN(C)C)C(=O)C3CCCCC3)nc12.Cl. The Labute approximate surface area is 167 Å². The van der Waals surface area contributed by atoms with Crippen molar-refractivity contribution in [3.05, 3.63) is 23.8 Å². The highest BCUT2D eigenvalue weighted by Gasteiger charge is 2.28. The number of anilines is 1. The van der Waals surface area contributed by atoms with E-state index in [2.05, 4.69) is 44.1 Å². The Morgan fingerprint density at radius 3 is 2.58 bits per heavy atom. The maximum absolute atomic E-state index is 13.2. The fourth-order valence-electron chi connectivity index (χ4n) is 3.61. The van der Waals surface area contributed by atoms with Crippen LogP contribution in [0.25, 0.3) is 10.2 Å². The van der Waals surface area contributed by atoms with Crippen LogP contribution >= 0.6 is 23.7 Å². The van der Waals surface area contributed by atoms with Crippen molar-refractivity contribution in [3.8, 4) is 0 Å². The zero-order valence-electron chi connectivity index (χ0n) is 16.0. The molecule has 3 rings (SSSR count). The Morgan fingerprint density at radius 1 is 1.19 bits per heavy atom. The molecule has 0 aliphatic heterocycles. The first-order chi connectivity index (χ1) is 12.1. The third-order valence-corrected chi connectivity index (χ3v) is 6.09. The van der Waals surface area contributed by atoms with Crippen LogP contribution in [0.3, 0.4) is 0 Å². The van der Waals surface area contributed by atoms with E-state index in [-0.39, 0.29) is 24.2 Å². The molecule has 0 atom stereocenters. The molecular weight excluding hydrogens is 366 g/mol. The maximum atomic E-state index is 13.2. The molecule has 0 unspecified atom stereocenters. The summed E-state index contributed by atoms with van der Waals surface area (Å²) in [5, 5.41) is 0.874. The van der Waals surface area contributed by atoms with Gasteiger partial charge in [-0.2, -0.15) is 0 Å². The Balaban J connectivity index is 0.00000243. The molecule has 1 amide bonds. The van der Waals surface area contributed by atoms with E-state index in [4.69, 9.17) is 4.98 Å². The second kappa shape index (κ2) is 9.67. The molecule has 0 spiro atoms. The van der Waals surface area contributed by atoms with Crippen molar-refractivity contribution in [1.29, 1.82) is 0 Å². The van der Waals surface area contributed by atoms with Crippen molar-refractivity contribution >= 4 is 45.0 Å². The normalized spacial score (nSPS) is 15.2. The molecule has 26 heavy (non-hydrogen) atoms. The van der Waals surface area contributed by atoms with Crippen LogP contribution in [0.4, 0.5) is 5.13 Å². The molecule has 0 saturated heterocycles. The van der Waals surface area contributed by atoms with Crippen molar-refractivity contribution in [1.82, 2.24) is 9.88 Å². The molecule has 4 nitrogen and oxygen atoms in total. The minimum absolute atomic E-state index is 0. The summed E-state index contributed by atoms with van der Waals surface area (Å²) in [5.74, 6) is 0.469. The van der Waals surface area contributed by atoms with Crippen LogP contribution in [-0.4, -0.2) is 43.0 Å². The van der Waals surface area contributed by atoms with E-state index in [1.165, 1.54) is 29.5 Å². The predicted molar refractivity (Wildman–Crippen MR) is 114 cm³/mol. The molecule has 6 heteroatoms. The molecule has 1 aliphatic carbocycles. The van der Waals surface area contributed by atoms with Crippen molar-refractivity contribution < 1.29 is 4.79 Å². The highest BCUT2D eigenvalue weighted by molar-refractivity contribution is 7.22. The van der Waals surface area contributed by atoms with Crippen LogP contribution in [0.1, 0.15) is 44.1 Å². The quantitative estimate of drug-likeness (QED) is 0.698. The number of hydrogen-bond acceptors (Lipinski definition) is 4. The highest BCUT2D eigenvalue weighted by Crippen LogP contribution is 2.33. The molecule has 1 fully saturated rings. The smallest absolute Gasteiger partial charge is 0.231 e. The van der Waals surface area contributed by atoms with Crippen LogP contribution in [0.2, 0.25) is 0 Å². The van der Waals surface area contributed by atoms with Gasteiger partial charge in [0.05, 0.1) is 10.2 Å². The summed E-state index contributed by atoms with van der Waals surface area (Å²) in [5.41, 5.74) is 2.22. The van der Waals surface area contributed by atoms with Gasteiger partial charge in [-0.25, -0.2) is 4.98 Å². The van der Waals surface area contributed by atoms with Crippen molar-refractivity contribution in [3.63, 3.8) is 0 Å². The molecule has 1 heterocycles. The summed E-state index contributed by atoms with van der Waals surface area (Å²) in [7, 11) is 4.16. The number of halogens is 1. The molecule has 1 aromatic carbocycles. The molecule has 0 radical (unpaired) electrons. The minimum atomic E-state index is 0. The van der Waals surface area contributed by atoms with E-state index in [9.17, 15) is 4.79 Å². The summed E-state index contributed by atoms with van der Waals surface area (Å²) >= 11 is 1.65. The molecule has 0 bridgehead atoms. The summed E-state index contributed by atoms with van der Waals surface area (Å²) in [6.07, 6.45) is 6.67. The largest absolute Gasteiger partial charge is 0.309 e. The number of carbonyl (C=O) groups excluding carboxylic acids is 1. The van der Waals surface area contributed by atoms with Gasteiger partial charge in [-0.15, -0.1) is 12.4 Å². The highest BCUT2D eigenvalue weighted by atomic mass is 35.5. The van der Waals surface area contributed by atoms with Crippen molar-refractivity contribution in [2.75, 3.05) is 32.1 Å². The first-order valence-corrected chi connectivity index (χ1v) is 10.2. The number of para-hydroxylation sites is 1. The van der Waals surface area contributed by atoms with Gasteiger partial charge in [0.25, 0.3) is 0 Å². The van der Waals surface area contributed by atoms with Crippen molar-refractivity contribution in [2.24, 2.45) is 5.92 Å². The summed E-state index contributed by atoms with van der Waals surface area (Å²) < 4.78 is 1.17. The van der Waals surface area contributed by atoms with Gasteiger partial charge in [0.1, 0.15) is 0 Å². The van der Waals surface area contributed by atoms with Crippen LogP contribution in [0, 0.1) is 12.8 Å². The summed E-state index contributed by atoms with van der Waals surface area (Å²) in [6.45, 7) is 3.83. The maximum Gasteiger partial charge on any atom is 0.231 e. The standard InChI is InChI=1S/C20H29N3OS.ClH/c1-15-9-7-12-17-18(15)21-20(25-17)23(14-8-13-22(2)3)19(24)16-10-5-4-6-11-16;/h7,9,12,16H,4-6,8,10-11,13-14H2,1-3H3;1H. The lowest BCUT2D eigenvalue weighted by Gasteiger charge is -2.28. The third kappa shape index (κ3) is 4.96. The fourth-order valence-corrected chi connectivity index (χ4v) is 4.68. The number of hydrogen-bond donors (Lipinski definition) is 0. The average molecular weight is 396 g/mol. The van der Waals surface area contributed by atoms with Gasteiger partial charge in [-0.05, 0) is 58.5 Å². The Bertz CT molecular complexity index is 725. The van der Waals surface area contributed by atoms with Gasteiger partial charge < -0.3 is 4.90 Å². The van der Waals surface area contributed by atoms with Crippen molar-refractivity contribution in [2.45, 2.75) is 45.4 Å². The fraction of sp³-hybridized carbons (Fsp3) is 0.600. The second-order valence-corrected chi connectivity index (χ2v) is 8.41. The first-order valence-electron chi connectivity index (χ1n) is 9.38. The molecule has 144 valence electrons. The van der Waals surface area contributed by atoms with Crippen LogP contribution in [0.15, 0.2) is 18.2 Å². The van der Waals surface area contributed by atoms with Gasteiger partial charge in [-0.3, -0.25) is 9.69 Å². The van der Waals surface area contributed by atoms with Crippen LogP contribution < -0.4 is 4.90 Å². The monoisotopic (exact) mass is 395 g/mol. The van der Waals surface area contributed by atoms with Gasteiger partial charge in [0, 0.05) is 12.5 Å². The van der Waals surface area contributed by atoms with Gasteiger partial charge >= 0.3 is 0 Å². The number of thiazole rings is 1. The Hall–Kier alpha value is -1.17. The van der Waals surface area contributed by atoms with Gasteiger partial charge in [-0.1, -0.05) is 42.7 Å². The van der Waals surface area contributed by atoms with Crippen LogP contribution in [-0.2, 0) is 4.79 Å². The van der Waals surface area contributed by atoms with E-state index in [0.717, 1.165) is 43.0 Å². The van der Waals surface area contributed by atoms with Gasteiger partial charge in [0.2, 0.25) is 5.91 Å². The zero-order chi connectivity index (χ0) is 17.8. The number of aromatic nitrogens is 1. The number of nitrogens with zero attached hydrogens (tertiary/aromatic N) is 3. The van der Waals surface area contributed by atoms with Crippen LogP contribution in [0.5, 0.6) is 0 Å². The summed E-state index contributed by atoms with van der Waals surface area (Å²) in [6, 6.07) is 6.26. The number of amides is 1. The lowest BCUT2D eigenvalue weighted by Crippen LogP contribution is -2.38. The van der Waals surface area contributed by atoms with E-state index >= 15 is 0 Å². The molecule has 0 N–H and O–H groups in total. The lowest BCUT2D eigenvalue weighted by molar-refractivity contribution is -0.123. The first kappa shape index (κ1) is 21.1. The van der Waals surface area contributed by atoms with E-state index in [1.54, 1.807) is 11.3 Å². The number of benzene rings is 1. The Kier molecular flexibility index (Phi) is 7.86. The number of fused-ring (bicyclic) bond motifs is 1. The Morgan fingerprint density at radius 2 is 1.92 bits per heavy atom. The minimum Gasteiger partial charge on any atom is -0.309 e. The average Bonchev–Trinajstić information content (AvgIpc) is 3.04. The molecule has 2 aromatic rings. The van der Waals surface area contributed by atoms with E-state index in [0.29, 0.717) is 0 Å². The molecule has 1 aliphatic rings. The molecule has 1 saturated carbocycles. The number of carbonyl (C=O) groups is 1. The van der Waals surface area contributed by atoms with E-state index < -0.39 is 0 Å². The second-order valence-electron chi connectivity index (χ2n) is 7.40.